The first kappa shape index (κ1) is 14.4. The Bertz CT molecular complexity index is 542. The summed E-state index contributed by atoms with van der Waals surface area (Å²) in [5.74, 6) is 0.761. The van der Waals surface area contributed by atoms with Gasteiger partial charge in [0.1, 0.15) is 12.1 Å². The van der Waals surface area contributed by atoms with Gasteiger partial charge in [0.2, 0.25) is 5.91 Å². The van der Waals surface area contributed by atoms with Gasteiger partial charge >= 0.3 is 0 Å². The van der Waals surface area contributed by atoms with E-state index in [1.807, 2.05) is 31.2 Å². The fourth-order valence-electron chi connectivity index (χ4n) is 1.55. The van der Waals surface area contributed by atoms with E-state index < -0.39 is 0 Å². The molecular formula is C13H16N4O2S. The van der Waals surface area contributed by atoms with E-state index in [1.54, 1.807) is 7.11 Å². The van der Waals surface area contributed by atoms with E-state index in [9.17, 15) is 4.79 Å². The number of amides is 1. The van der Waals surface area contributed by atoms with Crippen molar-refractivity contribution in [3.05, 3.63) is 36.2 Å². The molecule has 1 unspecified atom stereocenters. The van der Waals surface area contributed by atoms with Gasteiger partial charge in [-0.25, -0.2) is 4.98 Å². The second-order valence-corrected chi connectivity index (χ2v) is 5.45. The molecule has 0 aliphatic rings. The van der Waals surface area contributed by atoms with Gasteiger partial charge in [-0.2, -0.15) is 5.10 Å². The van der Waals surface area contributed by atoms with E-state index in [0.717, 1.165) is 11.3 Å². The van der Waals surface area contributed by atoms with Crippen LogP contribution in [0.15, 0.2) is 35.7 Å². The van der Waals surface area contributed by atoms with Crippen LogP contribution in [0.1, 0.15) is 12.5 Å². The van der Waals surface area contributed by atoms with Gasteiger partial charge in [0.15, 0.2) is 5.16 Å². The normalized spacial score (nSPS) is 11.9. The van der Waals surface area contributed by atoms with Crippen molar-refractivity contribution in [2.45, 2.75) is 23.9 Å². The lowest BCUT2D eigenvalue weighted by atomic mass is 10.2. The molecule has 0 aliphatic heterocycles. The molecule has 1 aromatic carbocycles. The lowest BCUT2D eigenvalue weighted by Gasteiger charge is -2.10. The van der Waals surface area contributed by atoms with Crippen molar-refractivity contribution in [3.8, 4) is 5.75 Å². The predicted molar refractivity (Wildman–Crippen MR) is 76.5 cm³/mol. The van der Waals surface area contributed by atoms with Crippen LogP contribution in [-0.4, -0.2) is 33.4 Å². The van der Waals surface area contributed by atoms with Crippen LogP contribution in [0.2, 0.25) is 0 Å². The van der Waals surface area contributed by atoms with Crippen LogP contribution in [0.5, 0.6) is 5.75 Å². The Labute approximate surface area is 121 Å². The smallest absolute Gasteiger partial charge is 0.233 e. The third-order valence-corrected chi connectivity index (χ3v) is 3.66. The van der Waals surface area contributed by atoms with E-state index >= 15 is 0 Å². The first-order valence-electron chi connectivity index (χ1n) is 6.11. The van der Waals surface area contributed by atoms with Crippen molar-refractivity contribution in [2.75, 3.05) is 7.11 Å². The predicted octanol–water partition coefficient (Wildman–Crippen LogP) is 1.61. The number of hydrogen-bond acceptors (Lipinski definition) is 5. The highest BCUT2D eigenvalue weighted by molar-refractivity contribution is 8.00. The van der Waals surface area contributed by atoms with Crippen LogP contribution in [0.3, 0.4) is 0 Å². The van der Waals surface area contributed by atoms with E-state index in [0.29, 0.717) is 11.7 Å². The third kappa shape index (κ3) is 3.99. The summed E-state index contributed by atoms with van der Waals surface area (Å²) in [6.45, 7) is 2.32. The lowest BCUT2D eigenvalue weighted by molar-refractivity contribution is -0.120. The fourth-order valence-corrected chi connectivity index (χ4v) is 2.29. The van der Waals surface area contributed by atoms with Gasteiger partial charge in [0, 0.05) is 6.54 Å². The number of nitrogens with zero attached hydrogens (tertiary/aromatic N) is 2. The van der Waals surface area contributed by atoms with Crippen LogP contribution >= 0.6 is 11.8 Å². The summed E-state index contributed by atoms with van der Waals surface area (Å²) in [5, 5.41) is 9.75. The van der Waals surface area contributed by atoms with Gasteiger partial charge in [-0.05, 0) is 24.6 Å². The molecular weight excluding hydrogens is 276 g/mol. The minimum Gasteiger partial charge on any atom is -0.497 e. The number of benzene rings is 1. The van der Waals surface area contributed by atoms with Crippen molar-refractivity contribution in [2.24, 2.45) is 0 Å². The number of aromatic nitrogens is 3. The molecule has 0 spiro atoms. The summed E-state index contributed by atoms with van der Waals surface area (Å²) in [6, 6.07) is 7.59. The van der Waals surface area contributed by atoms with Gasteiger partial charge in [-0.1, -0.05) is 23.9 Å². The van der Waals surface area contributed by atoms with E-state index in [-0.39, 0.29) is 11.2 Å². The number of H-pyrrole nitrogens is 1. The highest BCUT2D eigenvalue weighted by Crippen LogP contribution is 2.18. The number of ether oxygens (including phenoxy) is 1. The molecule has 20 heavy (non-hydrogen) atoms. The zero-order chi connectivity index (χ0) is 14.4. The minimum absolute atomic E-state index is 0.0396. The number of rotatable bonds is 6. The van der Waals surface area contributed by atoms with Gasteiger partial charge in [0.25, 0.3) is 0 Å². The lowest BCUT2D eigenvalue weighted by Crippen LogP contribution is -2.30. The summed E-state index contributed by atoms with van der Waals surface area (Å²) >= 11 is 1.34. The van der Waals surface area contributed by atoms with Crippen LogP contribution in [0.4, 0.5) is 0 Å². The number of nitrogens with one attached hydrogen (secondary N) is 2. The van der Waals surface area contributed by atoms with Gasteiger partial charge in [0.05, 0.1) is 12.4 Å². The first-order valence-corrected chi connectivity index (χ1v) is 6.99. The molecule has 7 heteroatoms. The van der Waals surface area contributed by atoms with Gasteiger partial charge in [-0.15, -0.1) is 0 Å². The molecule has 0 saturated heterocycles. The molecule has 0 saturated carbocycles. The molecule has 0 radical (unpaired) electrons. The average Bonchev–Trinajstić information content (AvgIpc) is 2.98. The van der Waals surface area contributed by atoms with E-state index in [2.05, 4.69) is 20.5 Å². The molecule has 106 valence electrons. The molecule has 0 bridgehead atoms. The SMILES string of the molecule is COc1ccc(CNC(=O)C(C)Sc2ncn[nH]2)cc1. The zero-order valence-corrected chi connectivity index (χ0v) is 12.1. The van der Waals surface area contributed by atoms with Crippen molar-refractivity contribution >= 4 is 17.7 Å². The number of hydrogen-bond donors (Lipinski definition) is 2. The topological polar surface area (TPSA) is 79.9 Å². The standard InChI is InChI=1S/C13H16N4O2S/c1-9(20-13-15-8-16-17-13)12(18)14-7-10-3-5-11(19-2)6-4-10/h3-6,8-9H,7H2,1-2H3,(H,14,18)(H,15,16,17). The molecule has 6 nitrogen and oxygen atoms in total. The minimum atomic E-state index is -0.235. The van der Waals surface area contributed by atoms with E-state index in [4.69, 9.17) is 4.74 Å². The van der Waals surface area contributed by atoms with Crippen LogP contribution in [0.25, 0.3) is 0 Å². The summed E-state index contributed by atoms with van der Waals surface area (Å²) in [6.07, 6.45) is 1.42. The largest absolute Gasteiger partial charge is 0.497 e. The Morgan fingerprint density at radius 2 is 2.20 bits per heavy atom. The Kier molecular flexibility index (Phi) is 5.00. The quantitative estimate of drug-likeness (QED) is 0.791. The molecule has 1 aromatic heterocycles. The van der Waals surface area contributed by atoms with E-state index in [1.165, 1.54) is 18.1 Å². The summed E-state index contributed by atoms with van der Waals surface area (Å²) in [7, 11) is 1.62. The monoisotopic (exact) mass is 292 g/mol. The molecule has 2 aromatic rings. The molecule has 1 atom stereocenters. The summed E-state index contributed by atoms with van der Waals surface area (Å²) < 4.78 is 5.08. The number of carbonyl (C=O) groups is 1. The summed E-state index contributed by atoms with van der Waals surface area (Å²) in [4.78, 5) is 15.9. The maximum absolute atomic E-state index is 11.9. The number of thioether (sulfide) groups is 1. The number of aromatic amines is 1. The third-order valence-electron chi connectivity index (χ3n) is 2.68. The van der Waals surface area contributed by atoms with Crippen molar-refractivity contribution in [3.63, 3.8) is 0 Å². The fraction of sp³-hybridized carbons (Fsp3) is 0.308. The second-order valence-electron chi connectivity index (χ2n) is 4.12. The van der Waals surface area contributed by atoms with Crippen LogP contribution in [0, 0.1) is 0 Å². The highest BCUT2D eigenvalue weighted by Gasteiger charge is 2.15. The number of methoxy groups -OCH3 is 1. The maximum Gasteiger partial charge on any atom is 0.233 e. The molecule has 2 N–H and O–H groups in total. The highest BCUT2D eigenvalue weighted by atomic mass is 32.2. The Morgan fingerprint density at radius 3 is 2.80 bits per heavy atom. The van der Waals surface area contributed by atoms with Crippen molar-refractivity contribution in [1.29, 1.82) is 0 Å². The molecule has 0 aliphatic carbocycles. The van der Waals surface area contributed by atoms with Gasteiger partial charge < -0.3 is 10.1 Å². The van der Waals surface area contributed by atoms with Crippen LogP contribution in [-0.2, 0) is 11.3 Å². The average molecular weight is 292 g/mol. The summed E-state index contributed by atoms with van der Waals surface area (Å²) in [5.41, 5.74) is 1.02. The molecule has 2 rings (SSSR count). The zero-order valence-electron chi connectivity index (χ0n) is 11.3. The maximum atomic E-state index is 11.9. The Hall–Kier alpha value is -2.02. The number of carbonyl (C=O) groups excluding carboxylic acids is 1. The van der Waals surface area contributed by atoms with Gasteiger partial charge in [-0.3, -0.25) is 9.89 Å². The Morgan fingerprint density at radius 1 is 1.45 bits per heavy atom. The van der Waals surface area contributed by atoms with Crippen molar-refractivity contribution < 1.29 is 9.53 Å². The molecule has 1 amide bonds. The second kappa shape index (κ2) is 6.95. The van der Waals surface area contributed by atoms with Crippen molar-refractivity contribution in [1.82, 2.24) is 20.5 Å². The first-order chi connectivity index (χ1) is 9.69. The molecule has 1 heterocycles. The Balaban J connectivity index is 1.81. The van der Waals surface area contributed by atoms with Crippen LogP contribution < -0.4 is 10.1 Å². The molecule has 0 fully saturated rings.